The maximum absolute atomic E-state index is 6.53. The van der Waals surface area contributed by atoms with Crippen LogP contribution in [0.15, 0.2) is 72.3 Å². The van der Waals surface area contributed by atoms with Crippen molar-refractivity contribution in [2.45, 2.75) is 37.9 Å². The number of fused-ring (bicyclic) bond motifs is 1. The molecule has 128 valence electrons. The van der Waals surface area contributed by atoms with Crippen LogP contribution in [-0.2, 0) is 4.74 Å². The average molecular weight is 351 g/mol. The number of hydrogen-bond donors (Lipinski definition) is 0. The Labute approximate surface area is 155 Å². The van der Waals surface area contributed by atoms with Gasteiger partial charge in [-0.2, -0.15) is 0 Å². The predicted octanol–water partition coefficient (Wildman–Crippen LogP) is 6.61. The van der Waals surface area contributed by atoms with Gasteiger partial charge in [0.2, 0.25) is 0 Å². The van der Waals surface area contributed by atoms with Gasteiger partial charge in [-0.25, -0.2) is 0 Å². The van der Waals surface area contributed by atoms with Gasteiger partial charge in [0.05, 0.1) is 12.2 Å². The predicted molar refractivity (Wildman–Crippen MR) is 105 cm³/mol. The molecule has 0 spiro atoms. The van der Waals surface area contributed by atoms with Crippen LogP contribution in [0.1, 0.15) is 42.9 Å². The van der Waals surface area contributed by atoms with E-state index in [2.05, 4.69) is 54.6 Å². The van der Waals surface area contributed by atoms with Crippen LogP contribution in [-0.4, -0.2) is 6.10 Å². The molecule has 0 bridgehead atoms. The van der Waals surface area contributed by atoms with Crippen LogP contribution in [0, 0.1) is 5.92 Å². The van der Waals surface area contributed by atoms with E-state index < -0.39 is 0 Å². The molecule has 4 rings (SSSR count). The monoisotopic (exact) mass is 350 g/mol. The van der Waals surface area contributed by atoms with E-state index >= 15 is 0 Å². The second-order valence-electron chi connectivity index (χ2n) is 6.94. The summed E-state index contributed by atoms with van der Waals surface area (Å²) in [4.78, 5) is 0. The molecule has 3 atom stereocenters. The first-order valence-electron chi connectivity index (χ1n) is 9.13. The lowest BCUT2D eigenvalue weighted by Gasteiger charge is -2.40. The minimum atomic E-state index is 0.126. The Morgan fingerprint density at radius 3 is 2.60 bits per heavy atom. The normalized spacial score (nSPS) is 26.3. The highest BCUT2D eigenvalue weighted by Gasteiger charge is 2.35. The van der Waals surface area contributed by atoms with Crippen LogP contribution < -0.4 is 0 Å². The van der Waals surface area contributed by atoms with Crippen molar-refractivity contribution < 1.29 is 4.74 Å². The lowest BCUT2D eigenvalue weighted by molar-refractivity contribution is -0.0435. The Morgan fingerprint density at radius 1 is 1.00 bits per heavy atom. The van der Waals surface area contributed by atoms with E-state index in [-0.39, 0.29) is 12.2 Å². The van der Waals surface area contributed by atoms with Crippen molar-refractivity contribution in [2.24, 2.45) is 5.92 Å². The summed E-state index contributed by atoms with van der Waals surface area (Å²) >= 11 is 6.07. The van der Waals surface area contributed by atoms with E-state index in [4.69, 9.17) is 16.3 Å². The number of halogens is 1. The van der Waals surface area contributed by atoms with Gasteiger partial charge in [-0.1, -0.05) is 77.9 Å². The second-order valence-corrected chi connectivity index (χ2v) is 7.37. The van der Waals surface area contributed by atoms with Crippen molar-refractivity contribution in [3.8, 4) is 0 Å². The van der Waals surface area contributed by atoms with E-state index in [0.717, 1.165) is 11.4 Å². The smallest absolute Gasteiger partial charge is 0.0898 e. The SMILES string of the molecule is Clc1ccc([C@@H]2O[C@H](/C=C/c3ccccc3)CC3=CCCC[C@H]32)cc1. The maximum Gasteiger partial charge on any atom is 0.0898 e. The largest absolute Gasteiger partial charge is 0.365 e. The molecule has 2 aliphatic rings. The molecular formula is C23H23ClO. The fourth-order valence-electron chi connectivity index (χ4n) is 3.97. The number of rotatable bonds is 3. The van der Waals surface area contributed by atoms with Crippen LogP contribution >= 0.6 is 11.6 Å². The quantitative estimate of drug-likeness (QED) is 0.566. The minimum absolute atomic E-state index is 0.126. The highest BCUT2D eigenvalue weighted by Crippen LogP contribution is 2.45. The molecule has 0 amide bonds. The zero-order valence-electron chi connectivity index (χ0n) is 14.3. The van der Waals surface area contributed by atoms with Crippen molar-refractivity contribution in [1.29, 1.82) is 0 Å². The first kappa shape index (κ1) is 16.6. The molecule has 1 fully saturated rings. The van der Waals surface area contributed by atoms with Crippen molar-refractivity contribution >= 4 is 17.7 Å². The number of hydrogen-bond acceptors (Lipinski definition) is 1. The van der Waals surface area contributed by atoms with Crippen LogP contribution in [0.2, 0.25) is 5.02 Å². The van der Waals surface area contributed by atoms with E-state index in [1.165, 1.54) is 30.4 Å². The molecule has 1 saturated heterocycles. The molecule has 0 unspecified atom stereocenters. The van der Waals surface area contributed by atoms with Crippen molar-refractivity contribution in [1.82, 2.24) is 0 Å². The molecule has 1 nitrogen and oxygen atoms in total. The molecule has 1 heterocycles. The standard InChI is InChI=1S/C23H23ClO/c24-20-13-11-18(12-14-20)23-22-9-5-4-8-19(22)16-21(25-23)15-10-17-6-2-1-3-7-17/h1-3,6-8,10-15,21-23H,4-5,9,16H2/b15-10+/t21-,22-,23+/m1/s1. The van der Waals surface area contributed by atoms with E-state index in [1.807, 2.05) is 18.2 Å². The molecule has 0 radical (unpaired) electrons. The van der Waals surface area contributed by atoms with Crippen molar-refractivity contribution in [3.63, 3.8) is 0 Å². The highest BCUT2D eigenvalue weighted by atomic mass is 35.5. The fourth-order valence-corrected chi connectivity index (χ4v) is 4.09. The molecule has 2 aromatic carbocycles. The molecule has 1 aliphatic carbocycles. The summed E-state index contributed by atoms with van der Waals surface area (Å²) in [5.74, 6) is 0.510. The first-order chi connectivity index (χ1) is 12.3. The van der Waals surface area contributed by atoms with Gasteiger partial charge in [-0.3, -0.25) is 0 Å². The summed E-state index contributed by atoms with van der Waals surface area (Å²) in [5, 5.41) is 0.777. The Hall–Kier alpha value is -1.83. The third-order valence-corrected chi connectivity index (χ3v) is 5.48. The summed E-state index contributed by atoms with van der Waals surface area (Å²) in [6.07, 6.45) is 11.8. The first-order valence-corrected chi connectivity index (χ1v) is 9.50. The Kier molecular flexibility index (Phi) is 5.05. The zero-order valence-corrected chi connectivity index (χ0v) is 15.0. The third-order valence-electron chi connectivity index (χ3n) is 5.23. The van der Waals surface area contributed by atoms with Crippen molar-refractivity contribution in [2.75, 3.05) is 0 Å². The molecule has 0 aromatic heterocycles. The lowest BCUT2D eigenvalue weighted by atomic mass is 9.77. The summed E-state index contributed by atoms with van der Waals surface area (Å²) in [6, 6.07) is 18.6. The molecule has 0 N–H and O–H groups in total. The molecular weight excluding hydrogens is 328 g/mol. The van der Waals surface area contributed by atoms with Gasteiger partial charge in [0.25, 0.3) is 0 Å². The lowest BCUT2D eigenvalue weighted by Crippen LogP contribution is -2.31. The summed E-state index contributed by atoms with van der Waals surface area (Å²) < 4.78 is 6.53. The average Bonchev–Trinajstić information content (AvgIpc) is 2.67. The van der Waals surface area contributed by atoms with Gasteiger partial charge in [-0.05, 0) is 48.9 Å². The Bertz CT molecular complexity index is 760. The summed E-state index contributed by atoms with van der Waals surface area (Å²) in [5.41, 5.74) is 4.02. The van der Waals surface area contributed by atoms with Crippen LogP contribution in [0.3, 0.4) is 0 Å². The summed E-state index contributed by atoms with van der Waals surface area (Å²) in [6.45, 7) is 0. The maximum atomic E-state index is 6.53. The van der Waals surface area contributed by atoms with Crippen molar-refractivity contribution in [3.05, 3.63) is 88.5 Å². The number of benzene rings is 2. The molecule has 2 heteroatoms. The van der Waals surface area contributed by atoms with E-state index in [0.29, 0.717) is 5.92 Å². The zero-order chi connectivity index (χ0) is 17.1. The fraction of sp³-hybridized carbons (Fsp3) is 0.304. The topological polar surface area (TPSA) is 9.23 Å². The van der Waals surface area contributed by atoms with Gasteiger partial charge in [-0.15, -0.1) is 0 Å². The molecule has 25 heavy (non-hydrogen) atoms. The Morgan fingerprint density at radius 2 is 1.80 bits per heavy atom. The van der Waals surface area contributed by atoms with Gasteiger partial charge < -0.3 is 4.74 Å². The van der Waals surface area contributed by atoms with Gasteiger partial charge >= 0.3 is 0 Å². The summed E-state index contributed by atoms with van der Waals surface area (Å²) in [7, 11) is 0. The van der Waals surface area contributed by atoms with E-state index in [1.54, 1.807) is 5.57 Å². The number of ether oxygens (including phenoxy) is 1. The van der Waals surface area contributed by atoms with Crippen LogP contribution in [0.5, 0.6) is 0 Å². The molecule has 2 aromatic rings. The van der Waals surface area contributed by atoms with Gasteiger partial charge in [0, 0.05) is 10.9 Å². The third kappa shape index (κ3) is 3.89. The highest BCUT2D eigenvalue weighted by molar-refractivity contribution is 6.30. The second kappa shape index (κ2) is 7.59. The van der Waals surface area contributed by atoms with E-state index in [9.17, 15) is 0 Å². The van der Waals surface area contributed by atoms with Crippen LogP contribution in [0.4, 0.5) is 0 Å². The van der Waals surface area contributed by atoms with Gasteiger partial charge in [0.15, 0.2) is 0 Å². The molecule has 1 aliphatic heterocycles. The van der Waals surface area contributed by atoms with Crippen LogP contribution in [0.25, 0.3) is 6.08 Å². The molecule has 0 saturated carbocycles. The minimum Gasteiger partial charge on any atom is -0.365 e. The Balaban J connectivity index is 1.59. The number of allylic oxidation sites excluding steroid dienone is 1. The van der Waals surface area contributed by atoms with Gasteiger partial charge in [0.1, 0.15) is 0 Å².